The van der Waals surface area contributed by atoms with Gasteiger partial charge in [-0.1, -0.05) is 18.2 Å². The van der Waals surface area contributed by atoms with E-state index < -0.39 is 60.2 Å². The summed E-state index contributed by atoms with van der Waals surface area (Å²) in [7, 11) is 0. The molecule has 0 saturated heterocycles. The highest BCUT2D eigenvalue weighted by Crippen LogP contribution is 2.18. The Bertz CT molecular complexity index is 1300. The van der Waals surface area contributed by atoms with E-state index in [4.69, 9.17) is 5.73 Å². The number of aromatic nitrogens is 3. The van der Waals surface area contributed by atoms with Crippen LogP contribution in [0.15, 0.2) is 43.0 Å². The van der Waals surface area contributed by atoms with Crippen molar-refractivity contribution < 1.29 is 34.2 Å². The fourth-order valence-electron chi connectivity index (χ4n) is 3.79. The van der Waals surface area contributed by atoms with E-state index in [0.29, 0.717) is 5.69 Å². The largest absolute Gasteiger partial charge is 0.481 e. The number of carbonyl (C=O) groups excluding carboxylic acids is 3. The van der Waals surface area contributed by atoms with E-state index in [-0.39, 0.29) is 12.8 Å². The van der Waals surface area contributed by atoms with Gasteiger partial charge in [0.15, 0.2) is 0 Å². The molecule has 1 aromatic carbocycles. The highest BCUT2D eigenvalue weighted by atomic mass is 16.4. The number of hydrogen-bond acceptors (Lipinski definition) is 7. The van der Waals surface area contributed by atoms with Gasteiger partial charge in [0.1, 0.15) is 18.1 Å². The molecule has 14 nitrogen and oxygen atoms in total. The smallest absolute Gasteiger partial charge is 0.326 e. The van der Waals surface area contributed by atoms with Gasteiger partial charge < -0.3 is 41.9 Å². The molecule has 0 fully saturated rings. The lowest BCUT2D eigenvalue weighted by Crippen LogP contribution is -2.57. The zero-order valence-corrected chi connectivity index (χ0v) is 20.4. The summed E-state index contributed by atoms with van der Waals surface area (Å²) in [6.07, 6.45) is 3.71. The molecule has 0 aliphatic rings. The van der Waals surface area contributed by atoms with Crippen LogP contribution in [-0.4, -0.2) is 79.0 Å². The maximum Gasteiger partial charge on any atom is 0.326 e. The summed E-state index contributed by atoms with van der Waals surface area (Å²) in [5, 5.41) is 26.5. The Kier molecular flexibility index (Phi) is 9.16. The topological polar surface area (TPSA) is 232 Å². The van der Waals surface area contributed by atoms with E-state index in [1.807, 2.05) is 24.3 Å². The highest BCUT2D eigenvalue weighted by Gasteiger charge is 2.30. The van der Waals surface area contributed by atoms with Gasteiger partial charge in [-0.3, -0.25) is 19.2 Å². The molecular weight excluding hydrogens is 498 g/mol. The highest BCUT2D eigenvalue weighted by molar-refractivity contribution is 5.95. The van der Waals surface area contributed by atoms with Gasteiger partial charge in [-0.2, -0.15) is 0 Å². The quantitative estimate of drug-likeness (QED) is 0.136. The third-order valence-electron chi connectivity index (χ3n) is 5.81. The molecule has 3 amide bonds. The number of hydrogen-bond donors (Lipinski definition) is 8. The molecule has 202 valence electrons. The second-order valence-corrected chi connectivity index (χ2v) is 8.74. The van der Waals surface area contributed by atoms with Crippen LogP contribution < -0.4 is 21.7 Å². The number of para-hydroxylation sites is 1. The van der Waals surface area contributed by atoms with Crippen LogP contribution in [-0.2, 0) is 36.8 Å². The van der Waals surface area contributed by atoms with Crippen molar-refractivity contribution in [3.8, 4) is 0 Å². The molecule has 4 atom stereocenters. The second kappa shape index (κ2) is 12.5. The molecule has 0 spiro atoms. The summed E-state index contributed by atoms with van der Waals surface area (Å²) in [6.45, 7) is 1.35. The van der Waals surface area contributed by atoms with E-state index in [0.717, 1.165) is 16.5 Å². The van der Waals surface area contributed by atoms with Crippen molar-refractivity contribution >= 4 is 40.6 Å². The number of carbonyl (C=O) groups is 5. The van der Waals surface area contributed by atoms with Gasteiger partial charge in [0.25, 0.3) is 0 Å². The molecule has 4 unspecified atom stereocenters. The fourth-order valence-corrected chi connectivity index (χ4v) is 3.79. The van der Waals surface area contributed by atoms with Gasteiger partial charge >= 0.3 is 11.9 Å². The van der Waals surface area contributed by atoms with Crippen molar-refractivity contribution in [1.29, 1.82) is 0 Å². The number of nitrogens with one attached hydrogen (secondary N) is 5. The molecule has 0 bridgehead atoms. The standard InChI is InChI=1S/C24H29N7O7/c1-12(29-22(35)16(25)6-13-9-27-17-5-3-2-4-15(13)17)21(34)30-18(8-20(32)33)23(36)31-19(24(37)38)7-14-10-26-11-28-14/h2-5,9-12,16,18-19,27H,6-8,25H2,1H3,(H,26,28)(H,29,35)(H,30,34)(H,31,36)(H,32,33)(H,37,38). The summed E-state index contributed by atoms with van der Waals surface area (Å²) in [4.78, 5) is 70.5. The fraction of sp³-hybridized carbons (Fsp3) is 0.333. The van der Waals surface area contributed by atoms with Crippen LogP contribution in [0.3, 0.4) is 0 Å². The number of imidazole rings is 1. The maximum atomic E-state index is 12.7. The molecular formula is C24H29N7O7. The summed E-state index contributed by atoms with van der Waals surface area (Å²) in [5.41, 5.74) is 8.18. The van der Waals surface area contributed by atoms with Crippen LogP contribution in [0.1, 0.15) is 24.6 Å². The van der Waals surface area contributed by atoms with Crippen molar-refractivity contribution in [2.24, 2.45) is 5.73 Å². The Morgan fingerprint density at radius 2 is 1.66 bits per heavy atom. The normalized spacial score (nSPS) is 14.2. The van der Waals surface area contributed by atoms with Gasteiger partial charge in [-0.25, -0.2) is 9.78 Å². The molecule has 0 aliphatic carbocycles. The van der Waals surface area contributed by atoms with E-state index in [2.05, 4.69) is 30.9 Å². The Labute approximate surface area is 216 Å². The number of fused-ring (bicyclic) bond motifs is 1. The molecule has 0 radical (unpaired) electrons. The Hall–Kier alpha value is -4.72. The first-order valence-corrected chi connectivity index (χ1v) is 11.7. The minimum absolute atomic E-state index is 0.143. The van der Waals surface area contributed by atoms with Gasteiger partial charge in [-0.05, 0) is 25.0 Å². The Morgan fingerprint density at radius 3 is 2.32 bits per heavy atom. The first-order valence-electron chi connectivity index (χ1n) is 11.7. The van der Waals surface area contributed by atoms with Gasteiger partial charge in [-0.15, -0.1) is 0 Å². The van der Waals surface area contributed by atoms with Crippen molar-refractivity contribution in [2.45, 2.75) is 50.4 Å². The maximum absolute atomic E-state index is 12.7. The van der Waals surface area contributed by atoms with Crippen LogP contribution in [0.25, 0.3) is 10.9 Å². The molecule has 0 aliphatic heterocycles. The molecule has 2 heterocycles. The number of aromatic amines is 2. The minimum atomic E-state index is -1.59. The van der Waals surface area contributed by atoms with E-state index in [1.165, 1.54) is 19.4 Å². The number of nitrogens with zero attached hydrogens (tertiary/aromatic N) is 1. The second-order valence-electron chi connectivity index (χ2n) is 8.74. The number of H-pyrrole nitrogens is 2. The first-order chi connectivity index (χ1) is 18.0. The number of benzene rings is 1. The number of nitrogens with two attached hydrogens (primary N) is 1. The summed E-state index contributed by atoms with van der Waals surface area (Å²) < 4.78 is 0. The van der Waals surface area contributed by atoms with Crippen LogP contribution in [0.2, 0.25) is 0 Å². The zero-order valence-electron chi connectivity index (χ0n) is 20.4. The predicted octanol–water partition coefficient (Wildman–Crippen LogP) is -0.963. The van der Waals surface area contributed by atoms with E-state index in [1.54, 1.807) is 6.20 Å². The van der Waals surface area contributed by atoms with Crippen molar-refractivity contribution in [1.82, 2.24) is 30.9 Å². The van der Waals surface area contributed by atoms with Crippen molar-refractivity contribution in [3.05, 3.63) is 54.2 Å². The van der Waals surface area contributed by atoms with Crippen LogP contribution in [0.4, 0.5) is 0 Å². The SMILES string of the molecule is CC(NC(=O)C(N)Cc1c[nH]c2ccccc12)C(=O)NC(CC(=O)O)C(=O)NC(Cc1cnc[nH]1)C(=O)O. The van der Waals surface area contributed by atoms with Crippen molar-refractivity contribution in [2.75, 3.05) is 0 Å². The molecule has 0 saturated carbocycles. The summed E-state index contributed by atoms with van der Waals surface area (Å²) >= 11 is 0. The van der Waals surface area contributed by atoms with Gasteiger partial charge in [0.05, 0.1) is 18.8 Å². The van der Waals surface area contributed by atoms with Gasteiger partial charge in [0.2, 0.25) is 17.7 Å². The first kappa shape index (κ1) is 27.9. The lowest BCUT2D eigenvalue weighted by atomic mass is 10.0. The van der Waals surface area contributed by atoms with Crippen molar-refractivity contribution in [3.63, 3.8) is 0 Å². The Balaban J connectivity index is 1.59. The molecule has 3 aromatic rings. The van der Waals surface area contributed by atoms with Gasteiger partial charge in [0, 0.05) is 35.4 Å². The van der Waals surface area contributed by atoms with E-state index in [9.17, 15) is 34.2 Å². The molecule has 38 heavy (non-hydrogen) atoms. The average molecular weight is 528 g/mol. The minimum Gasteiger partial charge on any atom is -0.481 e. The van der Waals surface area contributed by atoms with E-state index >= 15 is 0 Å². The molecule has 3 rings (SSSR count). The Morgan fingerprint density at radius 1 is 0.947 bits per heavy atom. The summed E-state index contributed by atoms with van der Waals surface area (Å²) in [5.74, 6) is -5.24. The zero-order chi connectivity index (χ0) is 27.8. The third kappa shape index (κ3) is 7.39. The average Bonchev–Trinajstić information content (AvgIpc) is 3.52. The summed E-state index contributed by atoms with van der Waals surface area (Å²) in [6, 6.07) is 2.35. The van der Waals surface area contributed by atoms with Crippen LogP contribution in [0.5, 0.6) is 0 Å². The number of rotatable bonds is 13. The number of carboxylic acid groups (broad SMARTS) is 2. The molecule has 2 aromatic heterocycles. The molecule has 9 N–H and O–H groups in total. The monoisotopic (exact) mass is 527 g/mol. The third-order valence-corrected chi connectivity index (χ3v) is 5.81. The predicted molar refractivity (Wildman–Crippen MR) is 134 cm³/mol. The lowest BCUT2D eigenvalue weighted by Gasteiger charge is -2.23. The van der Waals surface area contributed by atoms with Crippen LogP contribution in [0, 0.1) is 0 Å². The number of aliphatic carboxylic acids is 2. The number of amides is 3. The number of carboxylic acids is 2. The molecule has 14 heteroatoms. The lowest BCUT2D eigenvalue weighted by molar-refractivity contribution is -0.143. The van der Waals surface area contributed by atoms with Crippen LogP contribution >= 0.6 is 0 Å².